The number of hydrazine groups is 1. The van der Waals surface area contributed by atoms with E-state index in [0.717, 1.165) is 6.42 Å². The molecule has 3 atom stereocenters. The molecule has 0 amide bonds. The molecule has 0 fully saturated rings. The van der Waals surface area contributed by atoms with E-state index < -0.39 is 0 Å². The third-order valence-electron chi connectivity index (χ3n) is 4.29. The van der Waals surface area contributed by atoms with Gasteiger partial charge in [0.05, 0.1) is 0 Å². The van der Waals surface area contributed by atoms with Gasteiger partial charge in [-0.1, -0.05) is 71.4 Å². The quantitative estimate of drug-likeness (QED) is 0.569. The van der Waals surface area contributed by atoms with Crippen molar-refractivity contribution >= 4 is 0 Å². The number of hydrogen-bond acceptors (Lipinski definition) is 2. The monoisotopic (exact) mass is 276 g/mol. The van der Waals surface area contributed by atoms with Crippen LogP contribution in [0.15, 0.2) is 30.3 Å². The van der Waals surface area contributed by atoms with Gasteiger partial charge >= 0.3 is 0 Å². The molecule has 1 rings (SSSR count). The van der Waals surface area contributed by atoms with Crippen LogP contribution in [0.3, 0.4) is 0 Å². The third kappa shape index (κ3) is 5.26. The van der Waals surface area contributed by atoms with Gasteiger partial charge in [-0.05, 0) is 29.7 Å². The van der Waals surface area contributed by atoms with E-state index in [1.165, 1.54) is 18.4 Å². The SMILES string of the molecule is CCC(C)C(c1ccccc1)C(CCC(C)(C)C)NN. The molecule has 0 saturated carbocycles. The zero-order valence-corrected chi connectivity index (χ0v) is 13.8. The molecule has 0 aromatic heterocycles. The van der Waals surface area contributed by atoms with Crippen molar-refractivity contribution in [3.8, 4) is 0 Å². The predicted octanol–water partition coefficient (Wildman–Crippen LogP) is 4.47. The van der Waals surface area contributed by atoms with Crippen molar-refractivity contribution in [3.05, 3.63) is 35.9 Å². The summed E-state index contributed by atoms with van der Waals surface area (Å²) in [7, 11) is 0. The molecular weight excluding hydrogens is 244 g/mol. The van der Waals surface area contributed by atoms with Gasteiger partial charge in [0.15, 0.2) is 0 Å². The van der Waals surface area contributed by atoms with Gasteiger partial charge < -0.3 is 0 Å². The zero-order chi connectivity index (χ0) is 15.2. The molecule has 20 heavy (non-hydrogen) atoms. The van der Waals surface area contributed by atoms with E-state index in [9.17, 15) is 0 Å². The predicted molar refractivity (Wildman–Crippen MR) is 88.4 cm³/mol. The summed E-state index contributed by atoms with van der Waals surface area (Å²) >= 11 is 0. The fourth-order valence-corrected chi connectivity index (χ4v) is 2.84. The Morgan fingerprint density at radius 1 is 1.15 bits per heavy atom. The fraction of sp³-hybridized carbons (Fsp3) is 0.667. The van der Waals surface area contributed by atoms with E-state index >= 15 is 0 Å². The highest BCUT2D eigenvalue weighted by Crippen LogP contribution is 2.34. The van der Waals surface area contributed by atoms with Crippen molar-refractivity contribution in [2.24, 2.45) is 17.2 Å². The Morgan fingerprint density at radius 2 is 1.75 bits per heavy atom. The summed E-state index contributed by atoms with van der Waals surface area (Å²) in [5, 5.41) is 0. The summed E-state index contributed by atoms with van der Waals surface area (Å²) in [5.41, 5.74) is 4.84. The molecule has 0 bridgehead atoms. The zero-order valence-electron chi connectivity index (χ0n) is 13.8. The van der Waals surface area contributed by atoms with Crippen LogP contribution in [0, 0.1) is 11.3 Å². The van der Waals surface area contributed by atoms with Crippen LogP contribution in [-0.2, 0) is 0 Å². The van der Waals surface area contributed by atoms with Gasteiger partial charge in [-0.15, -0.1) is 0 Å². The average Bonchev–Trinajstić information content (AvgIpc) is 2.42. The number of nitrogens with one attached hydrogen (secondary N) is 1. The van der Waals surface area contributed by atoms with Crippen LogP contribution in [0.25, 0.3) is 0 Å². The van der Waals surface area contributed by atoms with E-state index in [2.05, 4.69) is 70.4 Å². The maximum Gasteiger partial charge on any atom is 0.0281 e. The summed E-state index contributed by atoms with van der Waals surface area (Å²) < 4.78 is 0. The lowest BCUT2D eigenvalue weighted by Crippen LogP contribution is -2.42. The summed E-state index contributed by atoms with van der Waals surface area (Å²) in [5.74, 6) is 6.99. The molecule has 114 valence electrons. The van der Waals surface area contributed by atoms with Crippen LogP contribution in [-0.4, -0.2) is 6.04 Å². The molecule has 1 aromatic carbocycles. The van der Waals surface area contributed by atoms with Crippen LogP contribution in [0.5, 0.6) is 0 Å². The van der Waals surface area contributed by atoms with Gasteiger partial charge in [0, 0.05) is 12.0 Å². The second kappa shape index (κ2) is 7.80. The minimum atomic E-state index is 0.339. The third-order valence-corrected chi connectivity index (χ3v) is 4.29. The highest BCUT2D eigenvalue weighted by molar-refractivity contribution is 5.22. The van der Waals surface area contributed by atoms with Gasteiger partial charge in [-0.2, -0.15) is 0 Å². The molecule has 0 radical (unpaired) electrons. The molecule has 2 heteroatoms. The van der Waals surface area contributed by atoms with Crippen LogP contribution in [0.1, 0.15) is 65.4 Å². The number of benzene rings is 1. The second-order valence-corrected chi connectivity index (χ2v) is 7.19. The highest BCUT2D eigenvalue weighted by Gasteiger charge is 2.27. The number of rotatable bonds is 7. The first-order valence-corrected chi connectivity index (χ1v) is 7.90. The van der Waals surface area contributed by atoms with Crippen LogP contribution >= 0.6 is 0 Å². The number of hydrogen-bond donors (Lipinski definition) is 2. The Hall–Kier alpha value is -0.860. The van der Waals surface area contributed by atoms with E-state index in [1.807, 2.05) is 0 Å². The summed E-state index contributed by atoms with van der Waals surface area (Å²) in [6.07, 6.45) is 3.47. The highest BCUT2D eigenvalue weighted by atomic mass is 15.2. The van der Waals surface area contributed by atoms with E-state index in [4.69, 9.17) is 5.84 Å². The largest absolute Gasteiger partial charge is 0.271 e. The van der Waals surface area contributed by atoms with Crippen LogP contribution < -0.4 is 11.3 Å². The Balaban J connectivity index is 2.90. The van der Waals surface area contributed by atoms with Crippen molar-refractivity contribution in [3.63, 3.8) is 0 Å². The van der Waals surface area contributed by atoms with Crippen LogP contribution in [0.4, 0.5) is 0 Å². The van der Waals surface area contributed by atoms with Gasteiger partial charge in [0.25, 0.3) is 0 Å². The van der Waals surface area contributed by atoms with Gasteiger partial charge in [0.2, 0.25) is 0 Å². The lowest BCUT2D eigenvalue weighted by atomic mass is 9.77. The molecule has 0 aliphatic rings. The van der Waals surface area contributed by atoms with E-state index in [1.54, 1.807) is 0 Å². The molecule has 1 aromatic rings. The Kier molecular flexibility index (Phi) is 6.70. The smallest absolute Gasteiger partial charge is 0.0281 e. The minimum absolute atomic E-state index is 0.339. The Morgan fingerprint density at radius 3 is 2.20 bits per heavy atom. The molecule has 2 nitrogen and oxygen atoms in total. The first-order valence-electron chi connectivity index (χ1n) is 7.90. The fourth-order valence-electron chi connectivity index (χ4n) is 2.84. The lowest BCUT2D eigenvalue weighted by Gasteiger charge is -2.33. The molecule has 0 aliphatic heterocycles. The second-order valence-electron chi connectivity index (χ2n) is 7.19. The number of nitrogens with two attached hydrogens (primary N) is 1. The first kappa shape index (κ1) is 17.2. The van der Waals surface area contributed by atoms with Crippen molar-refractivity contribution < 1.29 is 0 Å². The minimum Gasteiger partial charge on any atom is -0.271 e. The normalized spacial score (nSPS) is 16.7. The average molecular weight is 276 g/mol. The van der Waals surface area contributed by atoms with Gasteiger partial charge in [-0.3, -0.25) is 11.3 Å². The molecule has 0 spiro atoms. The first-order chi connectivity index (χ1) is 9.39. The van der Waals surface area contributed by atoms with Crippen molar-refractivity contribution in [2.45, 2.75) is 65.8 Å². The molecule has 0 saturated heterocycles. The molecule has 0 heterocycles. The summed E-state index contributed by atoms with van der Waals surface area (Å²) in [6.45, 7) is 11.5. The molecule has 3 unspecified atom stereocenters. The van der Waals surface area contributed by atoms with E-state index in [0.29, 0.717) is 23.3 Å². The lowest BCUT2D eigenvalue weighted by molar-refractivity contribution is 0.275. The van der Waals surface area contributed by atoms with Crippen molar-refractivity contribution in [1.82, 2.24) is 5.43 Å². The molecule has 0 aliphatic carbocycles. The Labute approximate surface area is 125 Å². The Bertz CT molecular complexity index is 367. The summed E-state index contributed by atoms with van der Waals surface area (Å²) in [6, 6.07) is 11.1. The molecule has 3 N–H and O–H groups in total. The van der Waals surface area contributed by atoms with Crippen molar-refractivity contribution in [2.75, 3.05) is 0 Å². The maximum absolute atomic E-state index is 5.88. The molecular formula is C18H32N2. The maximum atomic E-state index is 5.88. The topological polar surface area (TPSA) is 38.0 Å². The van der Waals surface area contributed by atoms with Gasteiger partial charge in [-0.25, -0.2) is 0 Å². The van der Waals surface area contributed by atoms with Crippen molar-refractivity contribution in [1.29, 1.82) is 0 Å². The summed E-state index contributed by atoms with van der Waals surface area (Å²) in [4.78, 5) is 0. The van der Waals surface area contributed by atoms with Gasteiger partial charge in [0.1, 0.15) is 0 Å². The van der Waals surface area contributed by atoms with Crippen LogP contribution in [0.2, 0.25) is 0 Å². The standard InChI is InChI=1S/C18H32N2/c1-6-14(2)17(15-10-8-7-9-11-15)16(20-19)12-13-18(3,4)5/h7-11,14,16-17,20H,6,12-13,19H2,1-5H3. The van der Waals surface area contributed by atoms with E-state index in [-0.39, 0.29) is 0 Å².